The second kappa shape index (κ2) is 13.2. The molecule has 0 aromatic carbocycles. The van der Waals surface area contributed by atoms with Crippen LogP contribution in [0.4, 0.5) is 0 Å². The minimum absolute atomic E-state index is 0. The van der Waals surface area contributed by atoms with Crippen LogP contribution < -0.4 is 9.47 Å². The van der Waals surface area contributed by atoms with Crippen molar-refractivity contribution in [2.24, 2.45) is 0 Å². The second-order valence-electron chi connectivity index (χ2n) is 5.16. The summed E-state index contributed by atoms with van der Waals surface area (Å²) in [6, 6.07) is 7.60. The Labute approximate surface area is 165 Å². The van der Waals surface area contributed by atoms with Gasteiger partial charge in [0.2, 0.25) is 0 Å². The largest absolute Gasteiger partial charge is 4.00 e. The van der Waals surface area contributed by atoms with E-state index in [0.717, 1.165) is 61.8 Å². The van der Waals surface area contributed by atoms with Gasteiger partial charge in [0.1, 0.15) is 11.5 Å². The molecule has 0 N–H and O–H groups in total. The SMILES string of the molecule is CCCCOc1ccnc(-c2cc(OCCCC)ccn2)c1.Cl.[Pt+4]. The van der Waals surface area contributed by atoms with Crippen LogP contribution >= 0.6 is 12.4 Å². The Bertz CT molecular complexity index is 533. The molecule has 132 valence electrons. The minimum atomic E-state index is 0. The Morgan fingerprint density at radius 2 is 1.21 bits per heavy atom. The van der Waals surface area contributed by atoms with Crippen molar-refractivity contribution in [3.8, 4) is 22.9 Å². The zero-order chi connectivity index (χ0) is 15.6. The average molecular weight is 532 g/mol. The van der Waals surface area contributed by atoms with Crippen molar-refractivity contribution in [1.29, 1.82) is 0 Å². The Morgan fingerprint density at radius 3 is 1.58 bits per heavy atom. The molecule has 0 aliphatic carbocycles. The van der Waals surface area contributed by atoms with Gasteiger partial charge >= 0.3 is 21.1 Å². The summed E-state index contributed by atoms with van der Waals surface area (Å²) in [6.07, 6.45) is 7.85. The number of aromatic nitrogens is 2. The zero-order valence-corrected chi connectivity index (χ0v) is 17.2. The molecule has 0 aliphatic rings. The molecule has 0 fully saturated rings. The summed E-state index contributed by atoms with van der Waals surface area (Å²) in [7, 11) is 0. The summed E-state index contributed by atoms with van der Waals surface area (Å²) in [5, 5.41) is 0. The molecule has 0 bridgehead atoms. The molecule has 2 heterocycles. The van der Waals surface area contributed by atoms with Crippen molar-refractivity contribution in [2.45, 2.75) is 39.5 Å². The summed E-state index contributed by atoms with van der Waals surface area (Å²) < 4.78 is 11.4. The third-order valence-corrected chi connectivity index (χ3v) is 3.26. The van der Waals surface area contributed by atoms with E-state index in [9.17, 15) is 0 Å². The van der Waals surface area contributed by atoms with Crippen molar-refractivity contribution in [3.05, 3.63) is 36.7 Å². The molecule has 0 aliphatic heterocycles. The van der Waals surface area contributed by atoms with E-state index >= 15 is 0 Å². The van der Waals surface area contributed by atoms with Crippen LogP contribution in [0.25, 0.3) is 11.4 Å². The van der Waals surface area contributed by atoms with Crippen molar-refractivity contribution in [1.82, 2.24) is 9.97 Å². The average Bonchev–Trinajstić information content (AvgIpc) is 2.56. The molecule has 0 spiro atoms. The van der Waals surface area contributed by atoms with Crippen LogP contribution in [0.1, 0.15) is 39.5 Å². The van der Waals surface area contributed by atoms with Gasteiger partial charge in [0.05, 0.1) is 24.6 Å². The molecule has 0 atom stereocenters. The number of nitrogens with zero attached hydrogens (tertiary/aromatic N) is 2. The number of halogens is 1. The zero-order valence-electron chi connectivity index (χ0n) is 14.1. The fraction of sp³-hybridized carbons (Fsp3) is 0.444. The maximum Gasteiger partial charge on any atom is 4.00 e. The van der Waals surface area contributed by atoms with E-state index in [2.05, 4.69) is 23.8 Å². The van der Waals surface area contributed by atoms with Gasteiger partial charge in [0, 0.05) is 24.5 Å². The Balaban J connectivity index is 0.00000264. The molecule has 0 saturated heterocycles. The van der Waals surface area contributed by atoms with Gasteiger partial charge in [0.15, 0.2) is 0 Å². The first-order valence-electron chi connectivity index (χ1n) is 8.01. The molecule has 6 heteroatoms. The summed E-state index contributed by atoms with van der Waals surface area (Å²) in [5.41, 5.74) is 1.60. The molecule has 0 saturated carbocycles. The van der Waals surface area contributed by atoms with E-state index in [-0.39, 0.29) is 33.5 Å². The molecule has 24 heavy (non-hydrogen) atoms. The van der Waals surface area contributed by atoms with Gasteiger partial charge in [-0.1, -0.05) is 26.7 Å². The van der Waals surface area contributed by atoms with Crippen LogP contribution in [0.3, 0.4) is 0 Å². The van der Waals surface area contributed by atoms with Crippen LogP contribution in [0, 0.1) is 0 Å². The molecular weight excluding hydrogens is 507 g/mol. The quantitative estimate of drug-likeness (QED) is 0.431. The van der Waals surface area contributed by atoms with Gasteiger partial charge in [-0.2, -0.15) is 0 Å². The van der Waals surface area contributed by atoms with Gasteiger partial charge in [0.25, 0.3) is 0 Å². The Hall–Kier alpha value is -1.12. The molecule has 0 amide bonds. The molecule has 2 aromatic rings. The van der Waals surface area contributed by atoms with Gasteiger partial charge in [-0.25, -0.2) is 0 Å². The van der Waals surface area contributed by atoms with E-state index in [0.29, 0.717) is 0 Å². The predicted molar refractivity (Wildman–Crippen MR) is 95.5 cm³/mol. The van der Waals surface area contributed by atoms with Crippen LogP contribution in [0.2, 0.25) is 0 Å². The molecule has 4 nitrogen and oxygen atoms in total. The third kappa shape index (κ3) is 7.63. The normalized spacial score (nSPS) is 9.58. The van der Waals surface area contributed by atoms with Crippen LogP contribution in [-0.4, -0.2) is 23.2 Å². The van der Waals surface area contributed by atoms with E-state index in [1.807, 2.05) is 24.3 Å². The first-order valence-corrected chi connectivity index (χ1v) is 8.01. The first kappa shape index (κ1) is 22.9. The van der Waals surface area contributed by atoms with E-state index in [1.54, 1.807) is 12.4 Å². The summed E-state index contributed by atoms with van der Waals surface area (Å²) >= 11 is 0. The molecule has 2 aromatic heterocycles. The van der Waals surface area contributed by atoms with Crippen molar-refractivity contribution >= 4 is 12.4 Å². The number of rotatable bonds is 9. The monoisotopic (exact) mass is 531 g/mol. The fourth-order valence-electron chi connectivity index (χ4n) is 1.95. The molecule has 2 rings (SSSR count). The first-order chi connectivity index (χ1) is 10.8. The number of unbranched alkanes of at least 4 members (excludes halogenated alkanes) is 2. The predicted octanol–water partition coefficient (Wildman–Crippen LogP) is 4.92. The smallest absolute Gasteiger partial charge is 0.493 e. The molecule has 0 radical (unpaired) electrons. The van der Waals surface area contributed by atoms with Crippen LogP contribution in [0.15, 0.2) is 36.7 Å². The van der Waals surface area contributed by atoms with Gasteiger partial charge < -0.3 is 9.47 Å². The molecular formula is C18H25ClN2O2Pt+4. The van der Waals surface area contributed by atoms with Crippen molar-refractivity contribution in [2.75, 3.05) is 13.2 Å². The number of hydrogen-bond acceptors (Lipinski definition) is 4. The van der Waals surface area contributed by atoms with E-state index in [1.165, 1.54) is 0 Å². The van der Waals surface area contributed by atoms with E-state index < -0.39 is 0 Å². The van der Waals surface area contributed by atoms with Gasteiger partial charge in [-0.15, -0.1) is 12.4 Å². The van der Waals surface area contributed by atoms with Crippen molar-refractivity contribution in [3.63, 3.8) is 0 Å². The number of hydrogen-bond donors (Lipinski definition) is 0. The standard InChI is InChI=1S/C18H24N2O2.ClH.Pt/c1-3-5-11-21-15-7-9-19-17(13-15)18-14-16(8-10-20-18)22-12-6-4-2;;/h7-10,13-14H,3-6,11-12H2,1-2H3;1H;/q;;+4. The van der Waals surface area contributed by atoms with E-state index in [4.69, 9.17) is 9.47 Å². The fourth-order valence-corrected chi connectivity index (χ4v) is 1.95. The Kier molecular flexibility index (Phi) is 12.6. The van der Waals surface area contributed by atoms with Crippen LogP contribution in [0.5, 0.6) is 11.5 Å². The minimum Gasteiger partial charge on any atom is -0.493 e. The second-order valence-corrected chi connectivity index (χ2v) is 5.16. The van der Waals surface area contributed by atoms with Gasteiger partial charge in [-0.3, -0.25) is 9.97 Å². The Morgan fingerprint density at radius 1 is 0.792 bits per heavy atom. The van der Waals surface area contributed by atoms with Crippen LogP contribution in [-0.2, 0) is 21.1 Å². The summed E-state index contributed by atoms with van der Waals surface area (Å²) in [6.45, 7) is 5.76. The number of ether oxygens (including phenoxy) is 2. The topological polar surface area (TPSA) is 44.2 Å². The molecule has 0 unspecified atom stereocenters. The van der Waals surface area contributed by atoms with Crippen molar-refractivity contribution < 1.29 is 30.5 Å². The summed E-state index contributed by atoms with van der Waals surface area (Å²) in [5.74, 6) is 1.66. The third-order valence-electron chi connectivity index (χ3n) is 3.26. The summed E-state index contributed by atoms with van der Waals surface area (Å²) in [4.78, 5) is 8.75. The maximum atomic E-state index is 5.72. The number of pyridine rings is 2. The van der Waals surface area contributed by atoms with Gasteiger partial charge in [-0.05, 0) is 25.0 Å². The maximum absolute atomic E-state index is 5.72.